The maximum Gasteiger partial charge on any atom is 0.191 e. The van der Waals surface area contributed by atoms with E-state index >= 15 is 0 Å². The lowest BCUT2D eigenvalue weighted by Gasteiger charge is -2.08. The van der Waals surface area contributed by atoms with Gasteiger partial charge in [-0.25, -0.2) is 0 Å². The highest BCUT2D eigenvalue weighted by molar-refractivity contribution is 7.98. The van der Waals surface area contributed by atoms with E-state index in [0.717, 1.165) is 28.2 Å². The first-order valence-electron chi connectivity index (χ1n) is 7.68. The minimum atomic E-state index is 0.699. The summed E-state index contributed by atoms with van der Waals surface area (Å²) in [6, 6.07) is 12.0. The average molecular weight is 359 g/mol. The lowest BCUT2D eigenvalue weighted by atomic mass is 10.2. The number of thioether (sulfide) groups is 1. The number of allylic oxidation sites excluding steroid dienone is 1. The molecular formula is C18H19ClN4S. The van der Waals surface area contributed by atoms with Crippen LogP contribution in [-0.2, 0) is 25.8 Å². The molecule has 4 nitrogen and oxygen atoms in total. The van der Waals surface area contributed by atoms with E-state index in [1.54, 1.807) is 11.8 Å². The second-order valence-electron chi connectivity index (χ2n) is 5.50. The normalized spacial score (nSPS) is 10.9. The molecule has 0 radical (unpaired) electrons. The standard InChI is InChI=1S/C18H19ClN4S/c1-3-9-23-17(12-16-8-5-10-22(16)2)20-21-18(23)24-13-14-6-4-7-15(19)11-14/h3-8,10-11H,1,9,12-13H2,2H3. The van der Waals surface area contributed by atoms with Gasteiger partial charge in [-0.1, -0.05) is 41.6 Å². The van der Waals surface area contributed by atoms with E-state index in [1.807, 2.05) is 43.6 Å². The molecule has 0 fully saturated rings. The number of aromatic nitrogens is 4. The summed E-state index contributed by atoms with van der Waals surface area (Å²) in [6.45, 7) is 4.55. The summed E-state index contributed by atoms with van der Waals surface area (Å²) in [4.78, 5) is 0. The number of aryl methyl sites for hydroxylation is 1. The van der Waals surface area contributed by atoms with Gasteiger partial charge in [0.15, 0.2) is 5.16 Å². The van der Waals surface area contributed by atoms with E-state index in [9.17, 15) is 0 Å². The Bertz CT molecular complexity index is 837. The summed E-state index contributed by atoms with van der Waals surface area (Å²) in [5.74, 6) is 1.75. The summed E-state index contributed by atoms with van der Waals surface area (Å²) in [5, 5.41) is 10.4. The Kier molecular flexibility index (Phi) is 5.43. The SMILES string of the molecule is C=CCn1c(Cc2cccn2C)nnc1SCc1cccc(Cl)c1. The maximum absolute atomic E-state index is 6.05. The van der Waals surface area contributed by atoms with E-state index in [0.29, 0.717) is 6.54 Å². The van der Waals surface area contributed by atoms with Crippen molar-refractivity contribution in [2.75, 3.05) is 0 Å². The molecule has 2 aromatic heterocycles. The van der Waals surface area contributed by atoms with Gasteiger partial charge in [0.1, 0.15) is 5.82 Å². The third-order valence-corrected chi connectivity index (χ3v) is 5.03. The van der Waals surface area contributed by atoms with Gasteiger partial charge in [0.05, 0.1) is 0 Å². The molecule has 0 saturated heterocycles. The fraction of sp³-hybridized carbons (Fsp3) is 0.222. The molecule has 3 aromatic rings. The average Bonchev–Trinajstić information content (AvgIpc) is 3.14. The first-order chi connectivity index (χ1) is 11.7. The molecule has 6 heteroatoms. The van der Waals surface area contributed by atoms with Crippen LogP contribution in [0.1, 0.15) is 17.1 Å². The van der Waals surface area contributed by atoms with Gasteiger partial charge in [-0.15, -0.1) is 16.8 Å². The Labute approximate surface area is 151 Å². The van der Waals surface area contributed by atoms with E-state index in [-0.39, 0.29) is 0 Å². The van der Waals surface area contributed by atoms with Crippen LogP contribution in [0.15, 0.2) is 60.4 Å². The maximum atomic E-state index is 6.05. The number of hydrogen-bond acceptors (Lipinski definition) is 3. The quantitative estimate of drug-likeness (QED) is 0.465. The molecule has 1 aromatic carbocycles. The molecule has 0 aliphatic heterocycles. The van der Waals surface area contributed by atoms with Crippen molar-refractivity contribution in [3.8, 4) is 0 Å². The van der Waals surface area contributed by atoms with Crippen molar-refractivity contribution >= 4 is 23.4 Å². The summed E-state index contributed by atoms with van der Waals surface area (Å²) in [6.07, 6.45) is 4.67. The zero-order valence-corrected chi connectivity index (χ0v) is 15.1. The highest BCUT2D eigenvalue weighted by atomic mass is 35.5. The van der Waals surface area contributed by atoms with Crippen molar-refractivity contribution < 1.29 is 0 Å². The smallest absolute Gasteiger partial charge is 0.191 e. The molecule has 0 aliphatic rings. The molecule has 3 rings (SSSR count). The van der Waals surface area contributed by atoms with Crippen LogP contribution >= 0.6 is 23.4 Å². The van der Waals surface area contributed by atoms with Crippen LogP contribution in [0.25, 0.3) is 0 Å². The topological polar surface area (TPSA) is 35.6 Å². The number of hydrogen-bond donors (Lipinski definition) is 0. The second-order valence-corrected chi connectivity index (χ2v) is 6.88. The lowest BCUT2D eigenvalue weighted by molar-refractivity contribution is 0.681. The molecule has 0 amide bonds. The summed E-state index contributed by atoms with van der Waals surface area (Å²) >= 11 is 7.71. The summed E-state index contributed by atoms with van der Waals surface area (Å²) in [5.41, 5.74) is 2.38. The van der Waals surface area contributed by atoms with Crippen LogP contribution in [0.2, 0.25) is 5.02 Å². The third-order valence-electron chi connectivity index (χ3n) is 3.75. The van der Waals surface area contributed by atoms with Crippen LogP contribution in [-0.4, -0.2) is 19.3 Å². The number of halogens is 1. The van der Waals surface area contributed by atoms with Crippen LogP contribution < -0.4 is 0 Å². The van der Waals surface area contributed by atoms with Crippen LogP contribution in [0.5, 0.6) is 0 Å². The number of rotatable bonds is 7. The van der Waals surface area contributed by atoms with Gasteiger partial charge in [-0.3, -0.25) is 0 Å². The molecular weight excluding hydrogens is 340 g/mol. The molecule has 0 aliphatic carbocycles. The highest BCUT2D eigenvalue weighted by Crippen LogP contribution is 2.24. The molecule has 0 N–H and O–H groups in total. The minimum Gasteiger partial charge on any atom is -0.354 e. The van der Waals surface area contributed by atoms with E-state index in [4.69, 9.17) is 11.6 Å². The third kappa shape index (κ3) is 3.91. The van der Waals surface area contributed by atoms with Crippen LogP contribution in [0.4, 0.5) is 0 Å². The Morgan fingerprint density at radius 2 is 2.12 bits per heavy atom. The predicted molar refractivity (Wildman–Crippen MR) is 99.5 cm³/mol. The lowest BCUT2D eigenvalue weighted by Crippen LogP contribution is -2.06. The van der Waals surface area contributed by atoms with Crippen LogP contribution in [0.3, 0.4) is 0 Å². The fourth-order valence-electron chi connectivity index (χ4n) is 2.49. The van der Waals surface area contributed by atoms with Gasteiger partial charge in [0.2, 0.25) is 0 Å². The van der Waals surface area contributed by atoms with E-state index in [1.165, 1.54) is 11.3 Å². The van der Waals surface area contributed by atoms with Gasteiger partial charge in [0, 0.05) is 42.7 Å². The zero-order chi connectivity index (χ0) is 16.9. The van der Waals surface area contributed by atoms with Crippen molar-refractivity contribution in [1.29, 1.82) is 0 Å². The Morgan fingerprint density at radius 3 is 2.83 bits per heavy atom. The zero-order valence-electron chi connectivity index (χ0n) is 13.5. The van der Waals surface area contributed by atoms with Gasteiger partial charge >= 0.3 is 0 Å². The van der Waals surface area contributed by atoms with Crippen LogP contribution in [0, 0.1) is 0 Å². The fourth-order valence-corrected chi connectivity index (χ4v) is 3.61. The Morgan fingerprint density at radius 1 is 1.25 bits per heavy atom. The molecule has 0 bridgehead atoms. The Balaban J connectivity index is 1.78. The molecule has 0 unspecified atom stereocenters. The highest BCUT2D eigenvalue weighted by Gasteiger charge is 2.13. The molecule has 0 saturated carbocycles. The van der Waals surface area contributed by atoms with E-state index < -0.39 is 0 Å². The van der Waals surface area contributed by atoms with Gasteiger partial charge in [0.25, 0.3) is 0 Å². The molecule has 0 spiro atoms. The van der Waals surface area contributed by atoms with Gasteiger partial charge in [-0.05, 0) is 29.8 Å². The number of benzene rings is 1. The molecule has 24 heavy (non-hydrogen) atoms. The molecule has 2 heterocycles. The van der Waals surface area contributed by atoms with Gasteiger partial charge in [-0.2, -0.15) is 0 Å². The van der Waals surface area contributed by atoms with Crippen molar-refractivity contribution in [2.24, 2.45) is 7.05 Å². The van der Waals surface area contributed by atoms with Gasteiger partial charge < -0.3 is 9.13 Å². The predicted octanol–water partition coefficient (Wildman–Crippen LogP) is 4.34. The summed E-state index contributed by atoms with van der Waals surface area (Å²) in [7, 11) is 2.04. The Hall–Kier alpha value is -1.98. The first kappa shape index (κ1) is 16.9. The minimum absolute atomic E-state index is 0.699. The van der Waals surface area contributed by atoms with Crippen molar-refractivity contribution in [2.45, 2.75) is 23.9 Å². The monoisotopic (exact) mass is 358 g/mol. The molecule has 0 atom stereocenters. The second kappa shape index (κ2) is 7.73. The molecule has 124 valence electrons. The van der Waals surface area contributed by atoms with E-state index in [2.05, 4.69) is 38.0 Å². The largest absolute Gasteiger partial charge is 0.354 e. The number of nitrogens with zero attached hydrogens (tertiary/aromatic N) is 4. The van der Waals surface area contributed by atoms with Crippen molar-refractivity contribution in [3.63, 3.8) is 0 Å². The van der Waals surface area contributed by atoms with Crippen molar-refractivity contribution in [1.82, 2.24) is 19.3 Å². The first-order valence-corrected chi connectivity index (χ1v) is 9.04. The van der Waals surface area contributed by atoms with Crippen molar-refractivity contribution in [3.05, 3.63) is 77.4 Å². The summed E-state index contributed by atoms with van der Waals surface area (Å²) < 4.78 is 4.22.